The second-order valence-corrected chi connectivity index (χ2v) is 19.7. The molecule has 2 aromatic rings. The van der Waals surface area contributed by atoms with E-state index in [0.29, 0.717) is 25.7 Å². The minimum absolute atomic E-state index is 0.0827. The summed E-state index contributed by atoms with van der Waals surface area (Å²) in [4.78, 5) is 26.5. The van der Waals surface area contributed by atoms with Gasteiger partial charge in [0.2, 0.25) is 0 Å². The summed E-state index contributed by atoms with van der Waals surface area (Å²) in [6.45, 7) is 15.7. The van der Waals surface area contributed by atoms with Gasteiger partial charge in [0.1, 0.15) is 6.10 Å². The first-order valence-corrected chi connectivity index (χ1v) is 21.0. The number of aliphatic hydroxyl groups excluding tert-OH is 3. The molecular weight excluding hydrogens is 701 g/mol. The van der Waals surface area contributed by atoms with Gasteiger partial charge in [0, 0.05) is 23.0 Å². The molecule has 3 N–H and O–H groups in total. The molecule has 7 rings (SSSR count). The zero-order chi connectivity index (χ0) is 40.3. The molecule has 5 aliphatic rings. The van der Waals surface area contributed by atoms with Gasteiger partial charge in [-0.25, -0.2) is 9.59 Å². The Kier molecular flexibility index (Phi) is 10.7. The number of carbonyl (C=O) groups is 2. The number of ether oxygens (including phenoxy) is 2. The SMILES string of the molecule is CC[C@@]12C(CC(C)(C)[C@@H](O)[C@@H]1OC(=O)/C=C/c1ccccc1)C1=CCC3[C@@]4(C)CC[C@H](O)[C@](C)(COC(=O)/C=C/c5ccccc5)C4CC[C@@]3(C)[C@]1(C)C[C@H]2O. The maximum Gasteiger partial charge on any atom is 0.331 e. The number of rotatable bonds is 8. The molecule has 4 fully saturated rings. The van der Waals surface area contributed by atoms with Crippen molar-refractivity contribution in [3.63, 3.8) is 0 Å². The molecule has 0 aromatic heterocycles. The van der Waals surface area contributed by atoms with Crippen molar-refractivity contribution in [1.82, 2.24) is 0 Å². The first-order valence-electron chi connectivity index (χ1n) is 21.0. The van der Waals surface area contributed by atoms with Gasteiger partial charge in [-0.2, -0.15) is 0 Å². The Hall–Kier alpha value is -3.52. The fourth-order valence-electron chi connectivity index (χ4n) is 13.3. The largest absolute Gasteiger partial charge is 0.462 e. The van der Waals surface area contributed by atoms with Crippen LogP contribution in [-0.4, -0.2) is 58.3 Å². The van der Waals surface area contributed by atoms with E-state index in [9.17, 15) is 24.9 Å². The lowest BCUT2D eigenvalue weighted by Gasteiger charge is -2.72. The monoisotopic (exact) mass is 764 g/mol. The molecule has 2 aromatic carbocycles. The number of carbonyl (C=O) groups excluding carboxylic acids is 2. The normalized spacial score (nSPS) is 41.5. The number of esters is 2. The highest BCUT2D eigenvalue weighted by atomic mass is 16.6. The summed E-state index contributed by atoms with van der Waals surface area (Å²) in [5.74, 6) is -0.579. The molecule has 0 heterocycles. The predicted octanol–water partition coefficient (Wildman–Crippen LogP) is 8.97. The molecule has 3 unspecified atom stereocenters. The van der Waals surface area contributed by atoms with Gasteiger partial charge in [0.05, 0.1) is 24.9 Å². The Balaban J connectivity index is 1.18. The van der Waals surface area contributed by atoms with Crippen LogP contribution < -0.4 is 0 Å². The van der Waals surface area contributed by atoms with E-state index < -0.39 is 52.6 Å². The second-order valence-electron chi connectivity index (χ2n) is 19.7. The van der Waals surface area contributed by atoms with Crippen molar-refractivity contribution in [3.05, 3.63) is 95.6 Å². The van der Waals surface area contributed by atoms with E-state index in [2.05, 4.69) is 54.5 Å². The average Bonchev–Trinajstić information content (AvgIpc) is 3.17. The van der Waals surface area contributed by atoms with Gasteiger partial charge in [-0.15, -0.1) is 0 Å². The molecule has 7 nitrogen and oxygen atoms in total. The van der Waals surface area contributed by atoms with Crippen LogP contribution in [0.4, 0.5) is 0 Å². The highest BCUT2D eigenvalue weighted by molar-refractivity contribution is 5.87. The van der Waals surface area contributed by atoms with Gasteiger partial charge >= 0.3 is 11.9 Å². The Morgan fingerprint density at radius 1 is 0.768 bits per heavy atom. The summed E-state index contributed by atoms with van der Waals surface area (Å²) in [6, 6.07) is 19.3. The van der Waals surface area contributed by atoms with Crippen LogP contribution in [0.1, 0.15) is 111 Å². The van der Waals surface area contributed by atoms with E-state index in [1.54, 1.807) is 12.2 Å². The van der Waals surface area contributed by atoms with Gasteiger partial charge in [-0.05, 0) is 114 Å². The van der Waals surface area contributed by atoms with Crippen molar-refractivity contribution in [3.8, 4) is 0 Å². The Morgan fingerprint density at radius 2 is 1.38 bits per heavy atom. The molecule has 7 heteroatoms. The lowest BCUT2D eigenvalue weighted by molar-refractivity contribution is -0.257. The van der Waals surface area contributed by atoms with E-state index in [1.165, 1.54) is 17.7 Å². The first kappa shape index (κ1) is 40.7. The lowest BCUT2D eigenvalue weighted by Crippen LogP contribution is -2.71. The highest BCUT2D eigenvalue weighted by Crippen LogP contribution is 2.76. The molecule has 302 valence electrons. The third-order valence-corrected chi connectivity index (χ3v) is 16.7. The molecule has 56 heavy (non-hydrogen) atoms. The highest BCUT2D eigenvalue weighted by Gasteiger charge is 2.72. The molecule has 0 saturated heterocycles. The molecule has 12 atom stereocenters. The van der Waals surface area contributed by atoms with Crippen LogP contribution in [0.3, 0.4) is 0 Å². The summed E-state index contributed by atoms with van der Waals surface area (Å²) in [7, 11) is 0. The van der Waals surface area contributed by atoms with E-state index in [0.717, 1.165) is 36.8 Å². The fourth-order valence-corrected chi connectivity index (χ4v) is 13.3. The van der Waals surface area contributed by atoms with E-state index in [-0.39, 0.29) is 40.6 Å². The Morgan fingerprint density at radius 3 is 1.98 bits per heavy atom. The molecule has 0 radical (unpaired) electrons. The molecule has 0 bridgehead atoms. The number of hydrogen-bond donors (Lipinski definition) is 3. The number of aliphatic hydroxyl groups is 3. The maximum atomic E-state index is 13.5. The third kappa shape index (κ3) is 6.35. The van der Waals surface area contributed by atoms with Gasteiger partial charge < -0.3 is 24.8 Å². The van der Waals surface area contributed by atoms with Crippen molar-refractivity contribution < 1.29 is 34.4 Å². The van der Waals surface area contributed by atoms with Crippen LogP contribution in [0.5, 0.6) is 0 Å². The maximum absolute atomic E-state index is 13.5. The summed E-state index contributed by atoms with van der Waals surface area (Å²) in [6.07, 6.45) is 11.6. The molecular formula is C49H64O7. The zero-order valence-electron chi connectivity index (χ0n) is 34.5. The zero-order valence-corrected chi connectivity index (χ0v) is 34.5. The van der Waals surface area contributed by atoms with Crippen LogP contribution in [0.2, 0.25) is 0 Å². The summed E-state index contributed by atoms with van der Waals surface area (Å²) >= 11 is 0. The van der Waals surface area contributed by atoms with Gasteiger partial charge in [-0.3, -0.25) is 0 Å². The van der Waals surface area contributed by atoms with Crippen molar-refractivity contribution in [2.75, 3.05) is 6.61 Å². The topological polar surface area (TPSA) is 113 Å². The second kappa shape index (κ2) is 14.7. The standard InChI is InChI=1S/C49H64O7/c1-8-49-35(29-44(2,3)42(54)43(49)56-41(53)24-20-33-17-13-10-14-18-33)34-21-22-37-45(4)27-26-38(50)46(5,31-55-40(52)23-19-32-15-11-9-12-16-32)36(45)25-28-47(37,6)48(34,7)30-39(49)51/h9-21,23-24,35-39,42-43,50-51,54H,8,22,25-31H2,1-7H3/b23-19+,24-20+/t35?,36?,37?,38-,39+,42-,43-,45-,46+,47+,48+,49-/m0/s1. The van der Waals surface area contributed by atoms with Crippen LogP contribution >= 0.6 is 0 Å². The number of hydrogen-bond acceptors (Lipinski definition) is 7. The number of benzene rings is 2. The average molecular weight is 765 g/mol. The van der Waals surface area contributed by atoms with Crippen molar-refractivity contribution in [1.29, 1.82) is 0 Å². The third-order valence-electron chi connectivity index (χ3n) is 16.7. The van der Waals surface area contributed by atoms with Gasteiger partial charge in [-0.1, -0.05) is 121 Å². The quantitative estimate of drug-likeness (QED) is 0.140. The minimum Gasteiger partial charge on any atom is -0.462 e. The Labute approximate surface area is 334 Å². The van der Waals surface area contributed by atoms with Crippen LogP contribution in [0.15, 0.2) is 84.5 Å². The van der Waals surface area contributed by atoms with E-state index in [1.807, 2.05) is 60.7 Å². The smallest absolute Gasteiger partial charge is 0.331 e. The minimum atomic E-state index is -0.942. The molecule has 4 saturated carbocycles. The summed E-state index contributed by atoms with van der Waals surface area (Å²) in [5, 5.41) is 36.3. The first-order chi connectivity index (χ1) is 26.5. The molecule has 5 aliphatic carbocycles. The number of fused-ring (bicyclic) bond motifs is 7. The number of allylic oxidation sites excluding steroid dienone is 2. The molecule has 0 aliphatic heterocycles. The van der Waals surface area contributed by atoms with Gasteiger partial charge in [0.25, 0.3) is 0 Å². The molecule has 0 spiro atoms. The fraction of sp³-hybridized carbons (Fsp3) is 0.592. The molecule has 0 amide bonds. The van der Waals surface area contributed by atoms with Gasteiger partial charge in [0.15, 0.2) is 0 Å². The van der Waals surface area contributed by atoms with E-state index >= 15 is 0 Å². The van der Waals surface area contributed by atoms with E-state index in [4.69, 9.17) is 9.47 Å². The van der Waals surface area contributed by atoms with Crippen LogP contribution in [0.25, 0.3) is 12.2 Å². The summed E-state index contributed by atoms with van der Waals surface area (Å²) in [5.41, 5.74) is 0.524. The summed E-state index contributed by atoms with van der Waals surface area (Å²) < 4.78 is 12.3. The Bertz CT molecular complexity index is 1870. The van der Waals surface area contributed by atoms with Crippen molar-refractivity contribution in [2.45, 2.75) is 124 Å². The van der Waals surface area contributed by atoms with Crippen molar-refractivity contribution >= 4 is 24.1 Å². The van der Waals surface area contributed by atoms with Crippen molar-refractivity contribution in [2.24, 2.45) is 50.2 Å². The van der Waals surface area contributed by atoms with Crippen LogP contribution in [-0.2, 0) is 19.1 Å². The predicted molar refractivity (Wildman–Crippen MR) is 220 cm³/mol. The lowest BCUT2D eigenvalue weighted by atomic mass is 9.32. The van der Waals surface area contributed by atoms with Crippen LogP contribution in [0, 0.1) is 50.2 Å².